The van der Waals surface area contributed by atoms with Crippen molar-refractivity contribution in [3.05, 3.63) is 54.4 Å². The Balaban J connectivity index is 1.24. The molecule has 1 aromatic heterocycles. The van der Waals surface area contributed by atoms with E-state index in [2.05, 4.69) is 15.6 Å². The zero-order valence-corrected chi connectivity index (χ0v) is 18.0. The van der Waals surface area contributed by atoms with Gasteiger partial charge in [0.1, 0.15) is 4.90 Å². The number of benzene rings is 1. The van der Waals surface area contributed by atoms with Gasteiger partial charge in [0.05, 0.1) is 0 Å². The number of hydrogen-bond acceptors (Lipinski definition) is 5. The molecule has 0 unspecified atom stereocenters. The standard InChI is InChI=1S/C22H26N4O4S/c27-21(24-14-16-3-7-19(8-4-16)25-22(28)17-5-6-17)18-9-12-26(13-10-18)31(29,30)20-2-1-11-23-15-20/h1-4,7-8,11,15,17-18H,5-6,9-10,12-14H2,(H,24,27)(H,25,28). The molecular formula is C22H26N4O4S. The zero-order chi connectivity index (χ0) is 21.8. The smallest absolute Gasteiger partial charge is 0.244 e. The SMILES string of the molecule is O=C(NCc1ccc(NC(=O)C2CC2)cc1)C1CCN(S(=O)(=O)c2cccnc2)CC1. The summed E-state index contributed by atoms with van der Waals surface area (Å²) in [6.45, 7) is 1.01. The highest BCUT2D eigenvalue weighted by atomic mass is 32.2. The predicted molar refractivity (Wildman–Crippen MR) is 115 cm³/mol. The number of sulfonamides is 1. The first-order chi connectivity index (χ1) is 14.9. The summed E-state index contributed by atoms with van der Waals surface area (Å²) in [6, 6.07) is 10.6. The molecule has 1 aromatic carbocycles. The molecule has 0 spiro atoms. The maximum atomic E-state index is 12.7. The van der Waals surface area contributed by atoms with E-state index in [4.69, 9.17) is 0 Å². The van der Waals surface area contributed by atoms with Gasteiger partial charge in [-0.25, -0.2) is 8.42 Å². The molecule has 4 rings (SSSR count). The maximum absolute atomic E-state index is 12.7. The van der Waals surface area contributed by atoms with Gasteiger partial charge >= 0.3 is 0 Å². The molecule has 0 atom stereocenters. The minimum atomic E-state index is -3.57. The highest BCUT2D eigenvalue weighted by molar-refractivity contribution is 7.89. The highest BCUT2D eigenvalue weighted by Crippen LogP contribution is 2.30. The number of nitrogens with zero attached hydrogens (tertiary/aromatic N) is 2. The molecule has 9 heteroatoms. The number of anilines is 1. The molecule has 0 bridgehead atoms. The van der Waals surface area contributed by atoms with Crippen molar-refractivity contribution in [3.8, 4) is 0 Å². The van der Waals surface area contributed by atoms with E-state index in [-0.39, 0.29) is 28.5 Å². The molecule has 2 aliphatic rings. The number of amides is 2. The summed E-state index contributed by atoms with van der Waals surface area (Å²) < 4.78 is 26.8. The lowest BCUT2D eigenvalue weighted by Crippen LogP contribution is -2.42. The number of piperidine rings is 1. The molecule has 1 aliphatic heterocycles. The largest absolute Gasteiger partial charge is 0.352 e. The Morgan fingerprint density at radius 2 is 1.65 bits per heavy atom. The zero-order valence-electron chi connectivity index (χ0n) is 17.2. The Labute approximate surface area is 182 Å². The highest BCUT2D eigenvalue weighted by Gasteiger charge is 2.32. The molecule has 2 aromatic rings. The number of carbonyl (C=O) groups excluding carboxylic acids is 2. The molecule has 2 N–H and O–H groups in total. The van der Waals surface area contributed by atoms with Gasteiger partial charge in [0.25, 0.3) is 0 Å². The molecule has 2 amide bonds. The average Bonchev–Trinajstić information content (AvgIpc) is 3.65. The monoisotopic (exact) mass is 442 g/mol. The number of hydrogen-bond donors (Lipinski definition) is 2. The summed E-state index contributed by atoms with van der Waals surface area (Å²) in [7, 11) is -3.57. The lowest BCUT2D eigenvalue weighted by Gasteiger charge is -2.30. The minimum Gasteiger partial charge on any atom is -0.352 e. The van der Waals surface area contributed by atoms with Crippen molar-refractivity contribution in [2.24, 2.45) is 11.8 Å². The fraction of sp³-hybridized carbons (Fsp3) is 0.409. The quantitative estimate of drug-likeness (QED) is 0.683. The van der Waals surface area contributed by atoms with Crippen molar-refractivity contribution in [2.75, 3.05) is 18.4 Å². The lowest BCUT2D eigenvalue weighted by atomic mass is 9.97. The third-order valence-electron chi connectivity index (χ3n) is 5.73. The van der Waals surface area contributed by atoms with E-state index in [1.54, 1.807) is 6.07 Å². The van der Waals surface area contributed by atoms with Crippen molar-refractivity contribution >= 4 is 27.5 Å². The first-order valence-electron chi connectivity index (χ1n) is 10.5. The van der Waals surface area contributed by atoms with E-state index >= 15 is 0 Å². The van der Waals surface area contributed by atoms with Crippen LogP contribution in [-0.4, -0.2) is 42.6 Å². The predicted octanol–water partition coefficient (Wildman–Crippen LogP) is 2.15. The number of carbonyl (C=O) groups is 2. The van der Waals surface area contributed by atoms with E-state index in [9.17, 15) is 18.0 Å². The van der Waals surface area contributed by atoms with Gasteiger partial charge in [0.15, 0.2) is 0 Å². The van der Waals surface area contributed by atoms with Crippen molar-refractivity contribution in [1.29, 1.82) is 0 Å². The molecule has 31 heavy (non-hydrogen) atoms. The number of pyridine rings is 1. The molecule has 164 valence electrons. The number of aromatic nitrogens is 1. The van der Waals surface area contributed by atoms with Crippen LogP contribution in [0.3, 0.4) is 0 Å². The fourth-order valence-corrected chi connectivity index (χ4v) is 5.07. The summed E-state index contributed by atoms with van der Waals surface area (Å²) in [6.07, 6.45) is 5.77. The molecule has 1 aliphatic carbocycles. The molecule has 2 heterocycles. The van der Waals surface area contributed by atoms with Crippen LogP contribution in [-0.2, 0) is 26.2 Å². The van der Waals surface area contributed by atoms with Gasteiger partial charge in [-0.05, 0) is 55.5 Å². The third kappa shape index (κ3) is 5.29. The molecule has 8 nitrogen and oxygen atoms in total. The first kappa shape index (κ1) is 21.5. The van der Waals surface area contributed by atoms with Crippen LogP contribution in [0.4, 0.5) is 5.69 Å². The minimum absolute atomic E-state index is 0.0652. The summed E-state index contributed by atoms with van der Waals surface area (Å²) in [5, 5.41) is 5.83. The van der Waals surface area contributed by atoms with E-state index in [1.165, 1.54) is 22.8 Å². The summed E-state index contributed by atoms with van der Waals surface area (Å²) in [5.41, 5.74) is 1.70. The molecule has 1 saturated heterocycles. The van der Waals surface area contributed by atoms with E-state index in [0.717, 1.165) is 24.1 Å². The van der Waals surface area contributed by atoms with Gasteiger partial charge in [0, 0.05) is 49.6 Å². The van der Waals surface area contributed by atoms with Gasteiger partial charge in [-0.1, -0.05) is 12.1 Å². The van der Waals surface area contributed by atoms with Gasteiger partial charge in [-0.15, -0.1) is 0 Å². The topological polar surface area (TPSA) is 108 Å². The third-order valence-corrected chi connectivity index (χ3v) is 7.62. The summed E-state index contributed by atoms with van der Waals surface area (Å²) >= 11 is 0. The van der Waals surface area contributed by atoms with Gasteiger partial charge in [-0.2, -0.15) is 4.31 Å². The Morgan fingerprint density at radius 3 is 2.26 bits per heavy atom. The van der Waals surface area contributed by atoms with Crippen LogP contribution in [0, 0.1) is 11.8 Å². The van der Waals surface area contributed by atoms with Gasteiger partial charge in [-0.3, -0.25) is 14.6 Å². The van der Waals surface area contributed by atoms with Crippen LogP contribution < -0.4 is 10.6 Å². The van der Waals surface area contributed by atoms with Crippen molar-refractivity contribution in [1.82, 2.24) is 14.6 Å². The van der Waals surface area contributed by atoms with Crippen LogP contribution in [0.2, 0.25) is 0 Å². The van der Waals surface area contributed by atoms with Crippen LogP contribution in [0.1, 0.15) is 31.2 Å². The fourth-order valence-electron chi connectivity index (χ4n) is 3.64. The van der Waals surface area contributed by atoms with Crippen LogP contribution in [0.15, 0.2) is 53.7 Å². The van der Waals surface area contributed by atoms with Gasteiger partial charge < -0.3 is 10.6 Å². The van der Waals surface area contributed by atoms with E-state index in [0.29, 0.717) is 32.5 Å². The molecule has 0 radical (unpaired) electrons. The Hall–Kier alpha value is -2.78. The molecule has 1 saturated carbocycles. The second-order valence-electron chi connectivity index (χ2n) is 8.05. The van der Waals surface area contributed by atoms with E-state index < -0.39 is 10.0 Å². The number of rotatable bonds is 7. The van der Waals surface area contributed by atoms with Crippen molar-refractivity contribution in [2.45, 2.75) is 37.1 Å². The summed E-state index contributed by atoms with van der Waals surface area (Å²) in [4.78, 5) is 28.4. The lowest BCUT2D eigenvalue weighted by molar-refractivity contribution is -0.126. The molecular weight excluding hydrogens is 416 g/mol. The Morgan fingerprint density at radius 1 is 0.968 bits per heavy atom. The van der Waals surface area contributed by atoms with E-state index in [1.807, 2.05) is 24.3 Å². The number of nitrogens with one attached hydrogen (secondary N) is 2. The van der Waals surface area contributed by atoms with Crippen LogP contribution >= 0.6 is 0 Å². The second-order valence-corrected chi connectivity index (χ2v) is 9.98. The second kappa shape index (κ2) is 9.15. The maximum Gasteiger partial charge on any atom is 0.244 e. The van der Waals surface area contributed by atoms with Crippen LogP contribution in [0.25, 0.3) is 0 Å². The average molecular weight is 443 g/mol. The normalized spacial score (nSPS) is 17.8. The van der Waals surface area contributed by atoms with Crippen molar-refractivity contribution < 1.29 is 18.0 Å². The Bertz CT molecular complexity index is 1030. The van der Waals surface area contributed by atoms with Gasteiger partial charge in [0.2, 0.25) is 21.8 Å². The molecule has 2 fully saturated rings. The van der Waals surface area contributed by atoms with Crippen molar-refractivity contribution in [3.63, 3.8) is 0 Å². The van der Waals surface area contributed by atoms with Crippen LogP contribution in [0.5, 0.6) is 0 Å². The Kier molecular flexibility index (Phi) is 6.33. The first-order valence-corrected chi connectivity index (χ1v) is 12.0. The summed E-state index contributed by atoms with van der Waals surface area (Å²) in [5.74, 6) is -0.0512.